The van der Waals surface area contributed by atoms with E-state index in [1.807, 2.05) is 38.1 Å². The van der Waals surface area contributed by atoms with Crippen LogP contribution in [0.4, 0.5) is 11.4 Å². The molecule has 0 aliphatic carbocycles. The third kappa shape index (κ3) is 10.1. The fourth-order valence-electron chi connectivity index (χ4n) is 4.32. The molecule has 230 valence electrons. The van der Waals surface area contributed by atoms with Crippen LogP contribution < -0.4 is 14.8 Å². The minimum absolute atomic E-state index is 0. The SMILES string of the molecule is COc1ccc2[nH]c([S+]([O-])Cc3ncc(C)c(OC)c3C)nc2c1.O=C(O)Cc1ccccc1Nc1c(Cl)cccc1Cl.[MgH2].[NaH]. The zero-order valence-corrected chi connectivity index (χ0v) is 26.2. The summed E-state index contributed by atoms with van der Waals surface area (Å²) in [5.41, 5.74) is 6.08. The summed E-state index contributed by atoms with van der Waals surface area (Å²) in [5.74, 6) is 0.886. The topological polar surface area (TPSA) is 132 Å². The quantitative estimate of drug-likeness (QED) is 0.133. The number of hydrogen-bond acceptors (Lipinski definition) is 7. The summed E-state index contributed by atoms with van der Waals surface area (Å²) in [5, 5.41) is 13.4. The predicted octanol–water partition coefficient (Wildman–Crippen LogP) is 5.70. The van der Waals surface area contributed by atoms with E-state index < -0.39 is 17.1 Å². The Morgan fingerprint density at radius 2 is 1.73 bits per heavy atom. The second-order valence-electron chi connectivity index (χ2n) is 9.41. The number of pyridine rings is 1. The van der Waals surface area contributed by atoms with Crippen molar-refractivity contribution in [2.75, 3.05) is 19.5 Å². The third-order valence-electron chi connectivity index (χ3n) is 6.48. The van der Waals surface area contributed by atoms with Gasteiger partial charge < -0.3 is 24.4 Å². The number of carbonyl (C=O) groups is 1. The second-order valence-corrected chi connectivity index (χ2v) is 11.6. The van der Waals surface area contributed by atoms with Gasteiger partial charge in [-0.3, -0.25) is 14.8 Å². The van der Waals surface area contributed by atoms with E-state index in [2.05, 4.69) is 20.3 Å². The van der Waals surface area contributed by atoms with Gasteiger partial charge in [-0.15, -0.1) is 0 Å². The number of para-hydroxylation sites is 2. The summed E-state index contributed by atoms with van der Waals surface area (Å²) in [7, 11) is 3.23. The number of imidazole rings is 1. The number of fused-ring (bicyclic) bond motifs is 1. The van der Waals surface area contributed by atoms with Crippen LogP contribution in [0.3, 0.4) is 0 Å². The van der Waals surface area contributed by atoms with Crippen LogP contribution in [-0.2, 0) is 28.1 Å². The van der Waals surface area contributed by atoms with Crippen LogP contribution in [-0.4, -0.2) is 97.4 Å². The van der Waals surface area contributed by atoms with Crippen molar-refractivity contribution in [1.82, 2.24) is 15.0 Å². The van der Waals surface area contributed by atoms with Crippen LogP contribution >= 0.6 is 23.2 Å². The van der Waals surface area contributed by atoms with Gasteiger partial charge in [0.1, 0.15) is 11.5 Å². The summed E-state index contributed by atoms with van der Waals surface area (Å²) in [6, 6.07) is 17.8. The Morgan fingerprint density at radius 3 is 2.38 bits per heavy atom. The van der Waals surface area contributed by atoms with Crippen molar-refractivity contribution in [3.8, 4) is 11.5 Å². The van der Waals surface area contributed by atoms with Gasteiger partial charge in [-0.1, -0.05) is 47.5 Å². The van der Waals surface area contributed by atoms with Gasteiger partial charge in [0, 0.05) is 40.3 Å². The molecule has 0 bridgehead atoms. The minimum atomic E-state index is -1.33. The third-order valence-corrected chi connectivity index (χ3v) is 8.27. The molecule has 0 amide bonds. The fourth-order valence-corrected chi connectivity index (χ4v) is 5.91. The zero-order valence-electron chi connectivity index (χ0n) is 23.9. The molecule has 0 aliphatic rings. The van der Waals surface area contributed by atoms with E-state index in [1.165, 1.54) is 0 Å². The van der Waals surface area contributed by atoms with Crippen LogP contribution in [0, 0.1) is 13.8 Å². The predicted molar refractivity (Wildman–Crippen MR) is 186 cm³/mol. The van der Waals surface area contributed by atoms with E-state index in [0.717, 1.165) is 33.6 Å². The van der Waals surface area contributed by atoms with Crippen LogP contribution in [0.2, 0.25) is 10.0 Å². The van der Waals surface area contributed by atoms with Gasteiger partial charge in [-0.25, -0.2) is 0 Å². The summed E-state index contributed by atoms with van der Waals surface area (Å²) in [6.07, 6.45) is 1.67. The summed E-state index contributed by atoms with van der Waals surface area (Å²) in [6.45, 7) is 3.86. The molecular formula is C31H33Cl2MgN4NaO5S. The van der Waals surface area contributed by atoms with Gasteiger partial charge in [0.15, 0.2) is 5.75 Å². The molecule has 0 radical (unpaired) electrons. The molecule has 5 rings (SSSR count). The number of H-pyrrole nitrogens is 1. The number of aliphatic carboxylic acids is 1. The average molecular weight is 692 g/mol. The molecule has 1 unspecified atom stereocenters. The van der Waals surface area contributed by atoms with Crippen molar-refractivity contribution in [3.05, 3.63) is 99.3 Å². The Kier molecular flexibility index (Phi) is 15.8. The number of aromatic nitrogens is 3. The number of benzene rings is 3. The first-order chi connectivity index (χ1) is 20.6. The number of rotatable bonds is 9. The Balaban J connectivity index is 0.000000308. The van der Waals surface area contributed by atoms with Crippen molar-refractivity contribution in [2.45, 2.75) is 31.2 Å². The molecule has 1 atom stereocenters. The van der Waals surface area contributed by atoms with Gasteiger partial charge in [-0.2, -0.15) is 4.98 Å². The second kappa shape index (κ2) is 18.2. The molecule has 2 heterocycles. The molecule has 0 saturated carbocycles. The molecule has 0 saturated heterocycles. The molecule has 5 aromatic rings. The van der Waals surface area contributed by atoms with E-state index in [9.17, 15) is 9.35 Å². The Labute approximate surface area is 313 Å². The van der Waals surface area contributed by atoms with Crippen molar-refractivity contribution in [1.29, 1.82) is 0 Å². The fraction of sp³-hybridized carbons (Fsp3) is 0.194. The van der Waals surface area contributed by atoms with Crippen molar-refractivity contribution < 1.29 is 23.9 Å². The number of ether oxygens (including phenoxy) is 2. The first kappa shape index (κ1) is 39.0. The normalized spacial score (nSPS) is 10.9. The molecule has 2 aromatic heterocycles. The van der Waals surface area contributed by atoms with Crippen LogP contribution in [0.25, 0.3) is 11.0 Å². The number of hydrogen-bond donors (Lipinski definition) is 3. The van der Waals surface area contributed by atoms with Gasteiger partial charge in [0.25, 0.3) is 0 Å². The average Bonchev–Trinajstić information content (AvgIpc) is 3.41. The van der Waals surface area contributed by atoms with Crippen molar-refractivity contribution >= 4 is 115 Å². The van der Waals surface area contributed by atoms with Crippen LogP contribution in [0.5, 0.6) is 11.5 Å². The van der Waals surface area contributed by atoms with E-state index >= 15 is 0 Å². The molecular weight excluding hydrogens is 659 g/mol. The molecule has 9 nitrogen and oxygen atoms in total. The van der Waals surface area contributed by atoms with Gasteiger partial charge >= 0.3 is 63.7 Å². The van der Waals surface area contributed by atoms with Crippen LogP contribution in [0.1, 0.15) is 22.4 Å². The number of nitrogens with zero attached hydrogens (tertiary/aromatic N) is 2. The van der Waals surface area contributed by atoms with E-state index in [1.54, 1.807) is 56.8 Å². The van der Waals surface area contributed by atoms with Gasteiger partial charge in [0.2, 0.25) is 0 Å². The molecule has 0 fully saturated rings. The Hall–Kier alpha value is -2.19. The van der Waals surface area contributed by atoms with Gasteiger partial charge in [0.05, 0.1) is 53.1 Å². The number of halogens is 2. The summed E-state index contributed by atoms with van der Waals surface area (Å²) in [4.78, 5) is 22.7. The molecule has 45 heavy (non-hydrogen) atoms. The van der Waals surface area contributed by atoms with Gasteiger partial charge in [-0.05, 0) is 49.7 Å². The van der Waals surface area contributed by atoms with Crippen molar-refractivity contribution in [3.63, 3.8) is 0 Å². The number of aryl methyl sites for hydroxylation is 1. The van der Waals surface area contributed by atoms with E-state index in [0.29, 0.717) is 37.9 Å². The maximum atomic E-state index is 12.7. The van der Waals surface area contributed by atoms with E-state index in [-0.39, 0.29) is 64.8 Å². The molecule has 14 heteroatoms. The first-order valence-corrected chi connectivity index (χ1v) is 15.1. The molecule has 3 N–H and O–H groups in total. The Bertz CT molecular complexity index is 1740. The molecule has 0 spiro atoms. The standard InChI is InChI=1S/C17H19N3O3S.C14H11Cl2NO2.Mg.Na.3H/c1-10-8-18-15(11(2)16(10)23-4)9-24(21)17-19-13-6-5-12(22-3)7-14(13)20-17;15-10-5-3-6-11(16)14(10)17-12-7-2-1-4-9(12)8-13(18)19;;;;;/h5-8H,9H2,1-4H3,(H,19,20);1-7,17H,8H2,(H,18,19);;;;;. The van der Waals surface area contributed by atoms with Crippen molar-refractivity contribution in [2.24, 2.45) is 0 Å². The number of methoxy groups -OCH3 is 2. The zero-order chi connectivity index (χ0) is 31.1. The number of carboxylic acid groups (broad SMARTS) is 1. The number of carboxylic acids is 1. The maximum absolute atomic E-state index is 12.7. The number of nitrogens with one attached hydrogen (secondary N) is 2. The van der Waals surface area contributed by atoms with Crippen LogP contribution in [0.15, 0.2) is 72.0 Å². The number of aromatic amines is 1. The summed E-state index contributed by atoms with van der Waals surface area (Å²) >= 11 is 10.8. The van der Waals surface area contributed by atoms with E-state index in [4.69, 9.17) is 37.8 Å². The summed E-state index contributed by atoms with van der Waals surface area (Å²) < 4.78 is 23.3. The monoisotopic (exact) mass is 690 g/mol. The molecule has 3 aromatic carbocycles. The molecule has 0 aliphatic heterocycles. The number of anilines is 2. The Morgan fingerprint density at radius 1 is 1.04 bits per heavy atom. The first-order valence-electron chi connectivity index (χ1n) is 13.0.